The van der Waals surface area contributed by atoms with E-state index in [-0.39, 0.29) is 0 Å². The Morgan fingerprint density at radius 3 is 1.94 bits per heavy atom. The summed E-state index contributed by atoms with van der Waals surface area (Å²) in [6.45, 7) is 2.99. The number of carboxylic acids is 1. The lowest BCUT2D eigenvalue weighted by Gasteiger charge is -2.18. The summed E-state index contributed by atoms with van der Waals surface area (Å²) < 4.78 is 23.4. The van der Waals surface area contributed by atoms with Gasteiger partial charge < -0.3 is 10.0 Å². The molecule has 0 spiro atoms. The van der Waals surface area contributed by atoms with Gasteiger partial charge in [-0.15, -0.1) is 0 Å². The zero-order valence-electron chi connectivity index (χ0n) is 9.80. The summed E-state index contributed by atoms with van der Waals surface area (Å²) in [4.78, 5) is 23.2. The second kappa shape index (κ2) is 5.29. The van der Waals surface area contributed by atoms with Gasteiger partial charge in [0.2, 0.25) is 5.91 Å². The standard InChI is InChI=1S/C9H17NO5S/c1-6(2)8(9(12)13)16(14,15)5-7(11)10(3)4/h6,8H,5H2,1-4H3,(H,12,13). The van der Waals surface area contributed by atoms with E-state index in [2.05, 4.69) is 0 Å². The number of hydrogen-bond acceptors (Lipinski definition) is 4. The topological polar surface area (TPSA) is 91.7 Å². The van der Waals surface area contributed by atoms with Gasteiger partial charge in [0, 0.05) is 14.1 Å². The monoisotopic (exact) mass is 251 g/mol. The zero-order valence-corrected chi connectivity index (χ0v) is 10.6. The highest BCUT2D eigenvalue weighted by molar-refractivity contribution is 7.93. The summed E-state index contributed by atoms with van der Waals surface area (Å²) in [7, 11) is -1.12. The molecule has 6 nitrogen and oxygen atoms in total. The van der Waals surface area contributed by atoms with Crippen LogP contribution in [0, 0.1) is 5.92 Å². The maximum absolute atomic E-state index is 11.7. The Morgan fingerprint density at radius 2 is 1.69 bits per heavy atom. The molecule has 1 N–H and O–H groups in total. The van der Waals surface area contributed by atoms with E-state index in [0.29, 0.717) is 0 Å². The van der Waals surface area contributed by atoms with E-state index in [1.54, 1.807) is 0 Å². The van der Waals surface area contributed by atoms with Crippen molar-refractivity contribution < 1.29 is 23.1 Å². The van der Waals surface area contributed by atoms with E-state index in [1.807, 2.05) is 0 Å². The van der Waals surface area contributed by atoms with Crippen LogP contribution in [0.2, 0.25) is 0 Å². The number of carbonyl (C=O) groups excluding carboxylic acids is 1. The predicted octanol–water partition coefficient (Wildman–Crippen LogP) is -0.401. The van der Waals surface area contributed by atoms with Gasteiger partial charge >= 0.3 is 5.97 Å². The van der Waals surface area contributed by atoms with Gasteiger partial charge in [-0.1, -0.05) is 13.8 Å². The number of carbonyl (C=O) groups is 2. The highest BCUT2D eigenvalue weighted by atomic mass is 32.2. The van der Waals surface area contributed by atoms with E-state index in [4.69, 9.17) is 5.11 Å². The summed E-state index contributed by atoms with van der Waals surface area (Å²) in [6, 6.07) is 0. The van der Waals surface area contributed by atoms with Crippen LogP contribution in [-0.2, 0) is 19.4 Å². The Kier molecular flexibility index (Phi) is 4.92. The van der Waals surface area contributed by atoms with Gasteiger partial charge in [-0.2, -0.15) is 0 Å². The van der Waals surface area contributed by atoms with Crippen LogP contribution in [0.15, 0.2) is 0 Å². The fourth-order valence-corrected chi connectivity index (χ4v) is 3.16. The highest BCUT2D eigenvalue weighted by Crippen LogP contribution is 2.14. The normalized spacial score (nSPS) is 13.6. The van der Waals surface area contributed by atoms with Crippen molar-refractivity contribution in [3.05, 3.63) is 0 Å². The molecule has 0 aromatic carbocycles. The first-order valence-electron chi connectivity index (χ1n) is 4.74. The number of carboxylic acid groups (broad SMARTS) is 1. The second-order valence-corrected chi connectivity index (χ2v) is 6.22. The SMILES string of the molecule is CC(C)C(C(=O)O)S(=O)(=O)CC(=O)N(C)C. The van der Waals surface area contributed by atoms with Gasteiger partial charge in [-0.25, -0.2) is 8.42 Å². The molecule has 0 aromatic heterocycles. The number of hydrogen-bond donors (Lipinski definition) is 1. The van der Waals surface area contributed by atoms with E-state index >= 15 is 0 Å². The van der Waals surface area contributed by atoms with Crippen LogP contribution >= 0.6 is 0 Å². The highest BCUT2D eigenvalue weighted by Gasteiger charge is 2.36. The average molecular weight is 251 g/mol. The number of aliphatic carboxylic acids is 1. The molecule has 0 aliphatic rings. The molecule has 0 saturated carbocycles. The van der Waals surface area contributed by atoms with Crippen molar-refractivity contribution in [3.63, 3.8) is 0 Å². The molecule has 1 unspecified atom stereocenters. The molecule has 0 heterocycles. The molecule has 94 valence electrons. The Labute approximate surface area is 95.2 Å². The molecule has 0 aliphatic carbocycles. The summed E-state index contributed by atoms with van der Waals surface area (Å²) in [5.74, 6) is -3.37. The minimum Gasteiger partial charge on any atom is -0.480 e. The molecular formula is C9H17NO5S. The lowest BCUT2D eigenvalue weighted by Crippen LogP contribution is -2.40. The smallest absolute Gasteiger partial charge is 0.322 e. The Hall–Kier alpha value is -1.11. The Balaban J connectivity index is 5.03. The van der Waals surface area contributed by atoms with Crippen LogP contribution in [0.3, 0.4) is 0 Å². The Bertz CT molecular complexity index is 371. The predicted molar refractivity (Wildman–Crippen MR) is 58.7 cm³/mol. The number of sulfone groups is 1. The second-order valence-electron chi connectivity index (χ2n) is 4.10. The summed E-state index contributed by atoms with van der Waals surface area (Å²) >= 11 is 0. The summed E-state index contributed by atoms with van der Waals surface area (Å²) in [6.07, 6.45) is 0. The van der Waals surface area contributed by atoms with Crippen molar-refractivity contribution in [2.75, 3.05) is 19.8 Å². The van der Waals surface area contributed by atoms with Gasteiger partial charge in [0.15, 0.2) is 15.1 Å². The van der Waals surface area contributed by atoms with E-state index < -0.39 is 38.6 Å². The van der Waals surface area contributed by atoms with Gasteiger partial charge in [-0.3, -0.25) is 9.59 Å². The van der Waals surface area contributed by atoms with Crippen LogP contribution in [0.5, 0.6) is 0 Å². The van der Waals surface area contributed by atoms with Crippen LogP contribution in [-0.4, -0.2) is 55.4 Å². The molecule has 7 heteroatoms. The lowest BCUT2D eigenvalue weighted by atomic mass is 10.1. The molecule has 0 aliphatic heterocycles. The number of nitrogens with zero attached hydrogens (tertiary/aromatic N) is 1. The van der Waals surface area contributed by atoms with E-state index in [0.717, 1.165) is 4.90 Å². The van der Waals surface area contributed by atoms with Crippen LogP contribution in [0.1, 0.15) is 13.8 Å². The van der Waals surface area contributed by atoms with Crippen molar-refractivity contribution in [1.82, 2.24) is 4.90 Å². The van der Waals surface area contributed by atoms with Gasteiger partial charge in [0.25, 0.3) is 0 Å². The largest absolute Gasteiger partial charge is 0.480 e. The molecule has 16 heavy (non-hydrogen) atoms. The number of amides is 1. The molecule has 0 saturated heterocycles. The molecular weight excluding hydrogens is 234 g/mol. The first-order valence-corrected chi connectivity index (χ1v) is 6.45. The quantitative estimate of drug-likeness (QED) is 0.717. The number of rotatable bonds is 5. The molecule has 0 aromatic rings. The third-order valence-electron chi connectivity index (χ3n) is 2.06. The first kappa shape index (κ1) is 14.9. The van der Waals surface area contributed by atoms with Crippen LogP contribution in [0.25, 0.3) is 0 Å². The van der Waals surface area contributed by atoms with Crippen LogP contribution < -0.4 is 0 Å². The fraction of sp³-hybridized carbons (Fsp3) is 0.778. The van der Waals surface area contributed by atoms with Crippen molar-refractivity contribution in [2.24, 2.45) is 5.92 Å². The fourth-order valence-electron chi connectivity index (χ4n) is 1.24. The lowest BCUT2D eigenvalue weighted by molar-refractivity contribution is -0.137. The van der Waals surface area contributed by atoms with E-state index in [9.17, 15) is 18.0 Å². The maximum Gasteiger partial charge on any atom is 0.322 e. The molecule has 0 bridgehead atoms. The zero-order chi connectivity index (χ0) is 13.1. The first-order chi connectivity index (χ1) is 7.09. The van der Waals surface area contributed by atoms with E-state index in [1.165, 1.54) is 27.9 Å². The maximum atomic E-state index is 11.7. The molecule has 0 radical (unpaired) electrons. The minimum atomic E-state index is -3.96. The molecule has 0 rings (SSSR count). The van der Waals surface area contributed by atoms with Crippen molar-refractivity contribution in [2.45, 2.75) is 19.1 Å². The molecule has 0 fully saturated rings. The third kappa shape index (κ3) is 3.80. The minimum absolute atomic E-state index is 0.572. The Morgan fingerprint density at radius 1 is 1.25 bits per heavy atom. The van der Waals surface area contributed by atoms with Gasteiger partial charge in [-0.05, 0) is 5.92 Å². The average Bonchev–Trinajstić information content (AvgIpc) is 1.99. The summed E-state index contributed by atoms with van der Waals surface area (Å²) in [5.41, 5.74) is 0. The van der Waals surface area contributed by atoms with Crippen LogP contribution in [0.4, 0.5) is 0 Å². The van der Waals surface area contributed by atoms with Crippen molar-refractivity contribution in [1.29, 1.82) is 0 Å². The molecule has 1 atom stereocenters. The van der Waals surface area contributed by atoms with Crippen molar-refractivity contribution >= 4 is 21.7 Å². The van der Waals surface area contributed by atoms with Crippen molar-refractivity contribution in [3.8, 4) is 0 Å². The van der Waals surface area contributed by atoms with Gasteiger partial charge in [0.1, 0.15) is 5.75 Å². The summed E-state index contributed by atoms with van der Waals surface area (Å²) in [5, 5.41) is 7.30. The van der Waals surface area contributed by atoms with Gasteiger partial charge in [0.05, 0.1) is 0 Å². The third-order valence-corrected chi connectivity index (χ3v) is 4.23. The molecule has 1 amide bonds.